The van der Waals surface area contributed by atoms with Crippen LogP contribution in [0.5, 0.6) is 0 Å². The van der Waals surface area contributed by atoms with Crippen molar-refractivity contribution in [3.63, 3.8) is 0 Å². The van der Waals surface area contributed by atoms with E-state index in [2.05, 4.69) is 5.32 Å². The van der Waals surface area contributed by atoms with Gasteiger partial charge in [-0.15, -0.1) is 0 Å². The van der Waals surface area contributed by atoms with E-state index in [1.54, 1.807) is 4.90 Å². The molecule has 2 aliphatic rings. The van der Waals surface area contributed by atoms with E-state index in [9.17, 15) is 9.59 Å². The molecule has 2 heterocycles. The quantitative estimate of drug-likeness (QED) is 0.923. The molecule has 0 saturated carbocycles. The van der Waals surface area contributed by atoms with Crippen LogP contribution < -0.4 is 10.2 Å². The molecule has 5 heteroatoms. The molecule has 0 aliphatic carbocycles. The SMILES string of the molecule is CC1(C)CC(NC(=O)CN2C(=O)Cc3ccccc32)CCO1. The Morgan fingerprint density at radius 2 is 2.18 bits per heavy atom. The fourth-order valence-electron chi connectivity index (χ4n) is 3.26. The summed E-state index contributed by atoms with van der Waals surface area (Å²) in [5.74, 6) is -0.114. The number of hydrogen-bond donors (Lipinski definition) is 1. The molecule has 5 nitrogen and oxygen atoms in total. The number of anilines is 1. The summed E-state index contributed by atoms with van der Waals surface area (Å²) in [6, 6.07) is 7.75. The number of carbonyl (C=O) groups is 2. The van der Waals surface area contributed by atoms with E-state index in [4.69, 9.17) is 4.74 Å². The second kappa shape index (κ2) is 5.72. The fraction of sp³-hybridized carbons (Fsp3) is 0.529. The van der Waals surface area contributed by atoms with E-state index in [0.29, 0.717) is 13.0 Å². The van der Waals surface area contributed by atoms with Gasteiger partial charge in [0.1, 0.15) is 6.54 Å². The lowest BCUT2D eigenvalue weighted by atomic mass is 9.94. The third kappa shape index (κ3) is 3.14. The lowest BCUT2D eigenvalue weighted by Gasteiger charge is -2.36. The molecule has 0 radical (unpaired) electrons. The summed E-state index contributed by atoms with van der Waals surface area (Å²) in [5.41, 5.74) is 1.65. The number of nitrogens with zero attached hydrogens (tertiary/aromatic N) is 1. The third-order valence-electron chi connectivity index (χ3n) is 4.29. The average Bonchev–Trinajstić information content (AvgIpc) is 2.74. The maximum atomic E-state index is 12.3. The van der Waals surface area contributed by atoms with E-state index in [1.807, 2.05) is 38.1 Å². The molecule has 1 unspecified atom stereocenters. The van der Waals surface area contributed by atoms with Crippen LogP contribution in [-0.4, -0.2) is 36.6 Å². The van der Waals surface area contributed by atoms with Gasteiger partial charge < -0.3 is 15.0 Å². The summed E-state index contributed by atoms with van der Waals surface area (Å²) in [6.07, 6.45) is 2.00. The van der Waals surface area contributed by atoms with Crippen molar-refractivity contribution in [1.29, 1.82) is 0 Å². The minimum atomic E-state index is -0.202. The second-order valence-corrected chi connectivity index (χ2v) is 6.65. The highest BCUT2D eigenvalue weighted by Crippen LogP contribution is 2.28. The predicted molar refractivity (Wildman–Crippen MR) is 83.7 cm³/mol. The van der Waals surface area contributed by atoms with Crippen LogP contribution in [0.1, 0.15) is 32.3 Å². The highest BCUT2D eigenvalue weighted by atomic mass is 16.5. The zero-order valence-electron chi connectivity index (χ0n) is 13.1. The van der Waals surface area contributed by atoms with Crippen molar-refractivity contribution < 1.29 is 14.3 Å². The summed E-state index contributed by atoms with van der Waals surface area (Å²) in [7, 11) is 0. The van der Waals surface area contributed by atoms with E-state index in [-0.39, 0.29) is 30.0 Å². The smallest absolute Gasteiger partial charge is 0.240 e. The predicted octanol–water partition coefficient (Wildman–Crippen LogP) is 1.65. The normalized spacial score (nSPS) is 23.3. The minimum Gasteiger partial charge on any atom is -0.375 e. The Morgan fingerprint density at radius 1 is 1.41 bits per heavy atom. The van der Waals surface area contributed by atoms with Gasteiger partial charge in [-0.3, -0.25) is 9.59 Å². The zero-order valence-corrected chi connectivity index (χ0v) is 13.1. The van der Waals surface area contributed by atoms with Crippen LogP contribution in [0.25, 0.3) is 0 Å². The Labute approximate surface area is 130 Å². The Bertz CT molecular complexity index is 597. The van der Waals surface area contributed by atoms with Crippen molar-refractivity contribution >= 4 is 17.5 Å². The molecule has 2 amide bonds. The highest BCUT2D eigenvalue weighted by Gasteiger charge is 2.32. The molecule has 22 heavy (non-hydrogen) atoms. The monoisotopic (exact) mass is 302 g/mol. The first-order chi connectivity index (χ1) is 10.4. The molecule has 1 N–H and O–H groups in total. The number of hydrogen-bond acceptors (Lipinski definition) is 3. The molecule has 2 aliphatic heterocycles. The van der Waals surface area contributed by atoms with E-state index in [1.165, 1.54) is 0 Å². The van der Waals surface area contributed by atoms with Gasteiger partial charge in [-0.05, 0) is 38.3 Å². The van der Waals surface area contributed by atoms with Crippen molar-refractivity contribution in [2.45, 2.75) is 44.8 Å². The number of para-hydroxylation sites is 1. The molecular weight excluding hydrogens is 280 g/mol. The van der Waals surface area contributed by atoms with Crippen LogP contribution in [0, 0.1) is 0 Å². The molecule has 1 aromatic rings. The second-order valence-electron chi connectivity index (χ2n) is 6.65. The van der Waals surface area contributed by atoms with Crippen LogP contribution in [0.2, 0.25) is 0 Å². The highest BCUT2D eigenvalue weighted by molar-refractivity contribution is 6.04. The number of amides is 2. The maximum Gasteiger partial charge on any atom is 0.240 e. The number of carbonyl (C=O) groups excluding carboxylic acids is 2. The maximum absolute atomic E-state index is 12.3. The number of nitrogens with one attached hydrogen (secondary N) is 1. The summed E-state index contributed by atoms with van der Waals surface area (Å²) in [5, 5.41) is 3.04. The summed E-state index contributed by atoms with van der Waals surface area (Å²) in [4.78, 5) is 26.0. The summed E-state index contributed by atoms with van der Waals surface area (Å²) in [6.45, 7) is 4.81. The molecule has 1 fully saturated rings. The van der Waals surface area contributed by atoms with Crippen molar-refractivity contribution in [3.05, 3.63) is 29.8 Å². The lowest BCUT2D eigenvalue weighted by Crippen LogP contribution is -2.48. The number of ether oxygens (including phenoxy) is 1. The number of benzene rings is 1. The third-order valence-corrected chi connectivity index (χ3v) is 4.29. The molecule has 0 bridgehead atoms. The van der Waals surface area contributed by atoms with Crippen molar-refractivity contribution in [1.82, 2.24) is 5.32 Å². The summed E-state index contributed by atoms with van der Waals surface area (Å²) < 4.78 is 5.66. The van der Waals surface area contributed by atoms with Crippen LogP contribution in [0.4, 0.5) is 5.69 Å². The van der Waals surface area contributed by atoms with Gasteiger partial charge in [-0.2, -0.15) is 0 Å². The van der Waals surface area contributed by atoms with Crippen LogP contribution in [0.3, 0.4) is 0 Å². The Hall–Kier alpha value is -1.88. The Morgan fingerprint density at radius 3 is 2.95 bits per heavy atom. The molecule has 118 valence electrons. The van der Waals surface area contributed by atoms with Crippen LogP contribution in [0.15, 0.2) is 24.3 Å². The van der Waals surface area contributed by atoms with Gasteiger partial charge in [0.15, 0.2) is 0 Å². The minimum absolute atomic E-state index is 0.0105. The van der Waals surface area contributed by atoms with Crippen molar-refractivity contribution in [3.8, 4) is 0 Å². The van der Waals surface area contributed by atoms with Crippen LogP contribution >= 0.6 is 0 Å². The first-order valence-corrected chi connectivity index (χ1v) is 7.76. The Balaban J connectivity index is 1.62. The van der Waals surface area contributed by atoms with Gasteiger partial charge in [0.2, 0.25) is 11.8 Å². The van der Waals surface area contributed by atoms with Gasteiger partial charge in [0.05, 0.1) is 12.0 Å². The zero-order chi connectivity index (χ0) is 15.7. The van der Waals surface area contributed by atoms with Crippen LogP contribution in [-0.2, 0) is 20.7 Å². The van der Waals surface area contributed by atoms with E-state index < -0.39 is 0 Å². The lowest BCUT2D eigenvalue weighted by molar-refractivity contribution is -0.125. The molecule has 3 rings (SSSR count). The van der Waals surface area contributed by atoms with Crippen molar-refractivity contribution in [2.24, 2.45) is 0 Å². The van der Waals surface area contributed by atoms with Gasteiger partial charge in [-0.25, -0.2) is 0 Å². The standard InChI is InChI=1S/C17H22N2O3/c1-17(2)10-13(7-8-22-17)18-15(20)11-19-14-6-4-3-5-12(14)9-16(19)21/h3-6,13H,7-11H2,1-2H3,(H,18,20). The largest absolute Gasteiger partial charge is 0.375 e. The van der Waals surface area contributed by atoms with Gasteiger partial charge in [0, 0.05) is 18.3 Å². The number of fused-ring (bicyclic) bond motifs is 1. The first kappa shape index (κ1) is 15.0. The van der Waals surface area contributed by atoms with Gasteiger partial charge >= 0.3 is 0 Å². The van der Waals surface area contributed by atoms with E-state index >= 15 is 0 Å². The van der Waals surface area contributed by atoms with Crippen molar-refractivity contribution in [2.75, 3.05) is 18.1 Å². The van der Waals surface area contributed by atoms with E-state index in [0.717, 1.165) is 24.1 Å². The fourth-order valence-corrected chi connectivity index (χ4v) is 3.26. The number of rotatable bonds is 3. The Kier molecular flexibility index (Phi) is 3.91. The molecule has 0 aromatic heterocycles. The van der Waals surface area contributed by atoms with Gasteiger partial charge in [0.25, 0.3) is 0 Å². The molecule has 1 saturated heterocycles. The summed E-state index contributed by atoms with van der Waals surface area (Å²) >= 11 is 0. The molecular formula is C17H22N2O3. The topological polar surface area (TPSA) is 58.6 Å². The van der Waals surface area contributed by atoms with Gasteiger partial charge in [-0.1, -0.05) is 18.2 Å². The molecule has 1 aromatic carbocycles. The molecule has 0 spiro atoms. The first-order valence-electron chi connectivity index (χ1n) is 7.76. The molecule has 1 atom stereocenters. The average molecular weight is 302 g/mol.